The zero-order valence-electron chi connectivity index (χ0n) is 17.2. The molecule has 0 bridgehead atoms. The minimum atomic E-state index is -1.61. The second-order valence-electron chi connectivity index (χ2n) is 8.53. The summed E-state index contributed by atoms with van der Waals surface area (Å²) in [6.07, 6.45) is 11.6. The fourth-order valence-corrected chi connectivity index (χ4v) is 2.88. The molecule has 0 atom stereocenters. The van der Waals surface area contributed by atoms with Gasteiger partial charge in [-0.05, 0) is 71.5 Å². The van der Waals surface area contributed by atoms with Gasteiger partial charge in [0.05, 0.1) is 6.61 Å². The molecular weight excluding hydrogens is 296 g/mol. The highest BCUT2D eigenvalue weighted by molar-refractivity contribution is 6.74. The van der Waals surface area contributed by atoms with Gasteiger partial charge in [-0.15, -0.1) is 0 Å². The van der Waals surface area contributed by atoms with Crippen molar-refractivity contribution in [3.8, 4) is 0 Å². The van der Waals surface area contributed by atoms with E-state index in [-0.39, 0.29) is 0 Å². The van der Waals surface area contributed by atoms with Crippen LogP contribution in [-0.2, 0) is 4.43 Å². The van der Waals surface area contributed by atoms with Crippen molar-refractivity contribution >= 4 is 8.32 Å². The lowest BCUT2D eigenvalue weighted by molar-refractivity contribution is 0.327. The van der Waals surface area contributed by atoms with Crippen molar-refractivity contribution in [2.24, 2.45) is 0 Å². The Morgan fingerprint density at radius 2 is 1.30 bits per heavy atom. The molecule has 0 heterocycles. The molecule has 0 aliphatic rings. The zero-order chi connectivity index (χ0) is 18.1. The molecule has 0 fully saturated rings. The Bertz CT molecular complexity index is 429. The van der Waals surface area contributed by atoms with E-state index >= 15 is 0 Å². The van der Waals surface area contributed by atoms with Gasteiger partial charge in [0, 0.05) is 0 Å². The van der Waals surface area contributed by atoms with Crippen LogP contribution in [0.3, 0.4) is 0 Å². The number of allylic oxidation sites excluding steroid dienone is 5. The van der Waals surface area contributed by atoms with Crippen molar-refractivity contribution in [3.05, 3.63) is 34.9 Å². The number of rotatable bonds is 9. The van der Waals surface area contributed by atoms with Crippen molar-refractivity contribution in [1.82, 2.24) is 0 Å². The molecule has 0 saturated carbocycles. The van der Waals surface area contributed by atoms with Crippen LogP contribution in [0.2, 0.25) is 18.1 Å². The molecule has 0 aromatic rings. The highest BCUT2D eigenvalue weighted by atomic mass is 28.4. The van der Waals surface area contributed by atoms with Gasteiger partial charge >= 0.3 is 0 Å². The number of hydrogen-bond donors (Lipinski definition) is 0. The molecule has 134 valence electrons. The van der Waals surface area contributed by atoms with Crippen LogP contribution in [0.15, 0.2) is 34.9 Å². The zero-order valence-corrected chi connectivity index (χ0v) is 18.2. The number of hydrogen-bond acceptors (Lipinski definition) is 1. The molecule has 0 aromatic heterocycles. The van der Waals surface area contributed by atoms with Crippen LogP contribution in [0.4, 0.5) is 0 Å². The van der Waals surface area contributed by atoms with Crippen LogP contribution < -0.4 is 0 Å². The average molecular weight is 337 g/mol. The molecule has 0 N–H and O–H groups in total. The summed E-state index contributed by atoms with van der Waals surface area (Å²) in [5, 5.41) is 0.292. The maximum atomic E-state index is 6.21. The summed E-state index contributed by atoms with van der Waals surface area (Å²) in [7, 11) is -1.61. The summed E-state index contributed by atoms with van der Waals surface area (Å²) in [6.45, 7) is 21.1. The first-order valence-electron chi connectivity index (χ1n) is 9.04. The molecular formula is C21H40OSi. The molecule has 23 heavy (non-hydrogen) atoms. The largest absolute Gasteiger partial charge is 0.413 e. The Labute approximate surface area is 147 Å². The smallest absolute Gasteiger partial charge is 0.192 e. The van der Waals surface area contributed by atoms with Crippen LogP contribution in [0.25, 0.3) is 0 Å². The SMILES string of the molecule is CC(C)=CCC/C(C)=C\CC/C(C)=C/CO[Si](C)(C)C(C)(C)C. The highest BCUT2D eigenvalue weighted by Crippen LogP contribution is 2.36. The van der Waals surface area contributed by atoms with Crippen molar-refractivity contribution in [1.29, 1.82) is 0 Å². The molecule has 0 aliphatic heterocycles. The minimum Gasteiger partial charge on any atom is -0.413 e. The minimum absolute atomic E-state index is 0.292. The van der Waals surface area contributed by atoms with Crippen LogP contribution >= 0.6 is 0 Å². The lowest BCUT2D eigenvalue weighted by Gasteiger charge is -2.35. The fourth-order valence-electron chi connectivity index (χ4n) is 1.95. The van der Waals surface area contributed by atoms with Gasteiger partial charge in [0.15, 0.2) is 8.32 Å². The predicted octanol–water partition coefficient (Wildman–Crippen LogP) is 7.43. The lowest BCUT2D eigenvalue weighted by Crippen LogP contribution is -2.40. The van der Waals surface area contributed by atoms with E-state index in [2.05, 4.69) is 79.8 Å². The van der Waals surface area contributed by atoms with Crippen LogP contribution in [0.5, 0.6) is 0 Å². The Balaban J connectivity index is 4.15. The van der Waals surface area contributed by atoms with Crippen molar-refractivity contribution in [2.75, 3.05) is 6.61 Å². The van der Waals surface area contributed by atoms with E-state index in [1.165, 1.54) is 29.6 Å². The molecule has 0 amide bonds. The van der Waals surface area contributed by atoms with Crippen LogP contribution in [-0.4, -0.2) is 14.9 Å². The van der Waals surface area contributed by atoms with E-state index < -0.39 is 8.32 Å². The molecule has 0 aliphatic carbocycles. The third kappa shape index (κ3) is 10.7. The van der Waals surface area contributed by atoms with Gasteiger partial charge < -0.3 is 4.43 Å². The van der Waals surface area contributed by atoms with Crippen LogP contribution in [0, 0.1) is 0 Å². The van der Waals surface area contributed by atoms with Crippen LogP contribution in [0.1, 0.15) is 74.1 Å². The van der Waals surface area contributed by atoms with Gasteiger partial charge in [-0.1, -0.05) is 55.7 Å². The quantitative estimate of drug-likeness (QED) is 0.314. The van der Waals surface area contributed by atoms with Crippen molar-refractivity contribution in [3.63, 3.8) is 0 Å². The standard InChI is InChI=1S/C21H40OSi/c1-18(2)12-10-13-19(3)14-11-15-20(4)16-17-22-23(8,9)21(5,6)7/h12,14,16H,10-11,13,15,17H2,1-9H3/b19-14-,20-16+. The van der Waals surface area contributed by atoms with E-state index in [0.717, 1.165) is 19.4 Å². The van der Waals surface area contributed by atoms with E-state index in [9.17, 15) is 0 Å². The van der Waals surface area contributed by atoms with E-state index in [1.54, 1.807) is 0 Å². The van der Waals surface area contributed by atoms with Crippen molar-refractivity contribution in [2.45, 2.75) is 92.3 Å². The van der Waals surface area contributed by atoms with Gasteiger partial charge in [0.25, 0.3) is 0 Å². The summed E-state index contributed by atoms with van der Waals surface area (Å²) in [6, 6.07) is 0. The highest BCUT2D eigenvalue weighted by Gasteiger charge is 2.36. The normalized spacial score (nSPS) is 14.1. The average Bonchev–Trinajstić information content (AvgIpc) is 2.36. The molecule has 0 aromatic carbocycles. The Kier molecular flexibility index (Phi) is 10.0. The fraction of sp³-hybridized carbons (Fsp3) is 0.714. The molecule has 0 spiro atoms. The monoisotopic (exact) mass is 336 g/mol. The topological polar surface area (TPSA) is 9.23 Å². The first-order chi connectivity index (χ1) is 10.5. The second-order valence-corrected chi connectivity index (χ2v) is 13.3. The van der Waals surface area contributed by atoms with Gasteiger partial charge in [0.1, 0.15) is 0 Å². The van der Waals surface area contributed by atoms with E-state index in [1.807, 2.05) is 0 Å². The van der Waals surface area contributed by atoms with Gasteiger partial charge in [-0.2, -0.15) is 0 Å². The molecule has 0 rings (SSSR count). The molecule has 1 nitrogen and oxygen atoms in total. The summed E-state index contributed by atoms with van der Waals surface area (Å²) in [4.78, 5) is 0. The molecule has 0 unspecified atom stereocenters. The third-order valence-corrected chi connectivity index (χ3v) is 9.31. The second kappa shape index (κ2) is 10.3. The molecule has 0 saturated heterocycles. The van der Waals surface area contributed by atoms with Gasteiger partial charge in [-0.25, -0.2) is 0 Å². The lowest BCUT2D eigenvalue weighted by atomic mass is 10.1. The first kappa shape index (κ1) is 22.4. The summed E-state index contributed by atoms with van der Waals surface area (Å²) in [5.74, 6) is 0. The summed E-state index contributed by atoms with van der Waals surface area (Å²) >= 11 is 0. The Morgan fingerprint density at radius 3 is 1.78 bits per heavy atom. The maximum absolute atomic E-state index is 6.21. The third-order valence-electron chi connectivity index (χ3n) is 4.80. The Hall–Kier alpha value is -0.603. The molecule has 0 radical (unpaired) electrons. The van der Waals surface area contributed by atoms with E-state index in [0.29, 0.717) is 5.04 Å². The summed E-state index contributed by atoms with van der Waals surface area (Å²) < 4.78 is 6.21. The van der Waals surface area contributed by atoms with E-state index in [4.69, 9.17) is 4.43 Å². The Morgan fingerprint density at radius 1 is 0.826 bits per heavy atom. The van der Waals surface area contributed by atoms with Crippen molar-refractivity contribution < 1.29 is 4.43 Å². The predicted molar refractivity (Wildman–Crippen MR) is 109 cm³/mol. The molecule has 2 heteroatoms. The summed E-state index contributed by atoms with van der Waals surface area (Å²) in [5.41, 5.74) is 4.36. The maximum Gasteiger partial charge on any atom is 0.192 e. The first-order valence-corrected chi connectivity index (χ1v) is 11.9. The van der Waals surface area contributed by atoms with Gasteiger partial charge in [-0.3, -0.25) is 0 Å². The van der Waals surface area contributed by atoms with Gasteiger partial charge in [0.2, 0.25) is 0 Å².